The van der Waals surface area contributed by atoms with Gasteiger partial charge in [-0.15, -0.1) is 0 Å². The molecular formula is C8H9BrN2O2. The zero-order valence-corrected chi connectivity index (χ0v) is 8.36. The lowest BCUT2D eigenvalue weighted by Gasteiger charge is -2.05. The van der Waals surface area contributed by atoms with Crippen molar-refractivity contribution in [3.63, 3.8) is 0 Å². The number of halogens is 1. The summed E-state index contributed by atoms with van der Waals surface area (Å²) in [4.78, 5) is 14.5. The van der Waals surface area contributed by atoms with Crippen LogP contribution in [0.3, 0.4) is 0 Å². The molecule has 4 nitrogen and oxygen atoms in total. The maximum atomic E-state index is 10.4. The minimum absolute atomic E-state index is 0.245. The standard InChI is InChI=1S/C8H9BrN2O2/c9-7-3-1-2-5(11-7)4-6(10)8(12)13/h1-3,6H,4,10H2,(H,12,13)/t6-/m0/s1. The summed E-state index contributed by atoms with van der Waals surface area (Å²) in [6.45, 7) is 0. The van der Waals surface area contributed by atoms with E-state index in [1.54, 1.807) is 18.2 Å². The van der Waals surface area contributed by atoms with Crippen molar-refractivity contribution in [2.45, 2.75) is 12.5 Å². The SMILES string of the molecule is N[C@@H](Cc1cccc(Br)n1)C(=O)O. The Bertz CT molecular complexity index is 317. The van der Waals surface area contributed by atoms with Crippen LogP contribution in [0.1, 0.15) is 5.69 Å². The smallest absolute Gasteiger partial charge is 0.320 e. The summed E-state index contributed by atoms with van der Waals surface area (Å²) in [6, 6.07) is 4.42. The van der Waals surface area contributed by atoms with E-state index >= 15 is 0 Å². The molecule has 0 saturated carbocycles. The predicted octanol–water partition coefficient (Wildman–Crippen LogP) is 0.798. The summed E-state index contributed by atoms with van der Waals surface area (Å²) in [5, 5.41) is 8.55. The molecule has 3 N–H and O–H groups in total. The molecule has 13 heavy (non-hydrogen) atoms. The van der Waals surface area contributed by atoms with Gasteiger partial charge < -0.3 is 10.8 Å². The quantitative estimate of drug-likeness (QED) is 0.772. The van der Waals surface area contributed by atoms with Gasteiger partial charge in [0.05, 0.1) is 0 Å². The van der Waals surface area contributed by atoms with Gasteiger partial charge in [-0.05, 0) is 28.1 Å². The van der Waals surface area contributed by atoms with Gasteiger partial charge in [0, 0.05) is 12.1 Å². The van der Waals surface area contributed by atoms with Crippen LogP contribution >= 0.6 is 15.9 Å². The summed E-state index contributed by atoms with van der Waals surface area (Å²) in [7, 11) is 0. The number of hydrogen-bond acceptors (Lipinski definition) is 3. The number of aliphatic carboxylic acids is 1. The molecule has 0 saturated heterocycles. The fourth-order valence-corrected chi connectivity index (χ4v) is 1.26. The van der Waals surface area contributed by atoms with Gasteiger partial charge in [0.2, 0.25) is 0 Å². The molecule has 0 aliphatic heterocycles. The molecule has 1 rings (SSSR count). The Labute approximate surface area is 83.9 Å². The van der Waals surface area contributed by atoms with E-state index in [1.165, 1.54) is 0 Å². The van der Waals surface area contributed by atoms with E-state index in [-0.39, 0.29) is 6.42 Å². The van der Waals surface area contributed by atoms with Crippen molar-refractivity contribution in [1.29, 1.82) is 0 Å². The first-order valence-electron chi connectivity index (χ1n) is 3.69. The van der Waals surface area contributed by atoms with Gasteiger partial charge in [0.15, 0.2) is 0 Å². The van der Waals surface area contributed by atoms with Crippen molar-refractivity contribution in [3.05, 3.63) is 28.5 Å². The van der Waals surface area contributed by atoms with Crippen LogP contribution in [0, 0.1) is 0 Å². The molecule has 0 aliphatic rings. The lowest BCUT2D eigenvalue weighted by molar-refractivity contribution is -0.138. The molecule has 0 unspecified atom stereocenters. The molecule has 0 fully saturated rings. The highest BCUT2D eigenvalue weighted by Gasteiger charge is 2.12. The molecular weight excluding hydrogens is 236 g/mol. The number of carboxylic acid groups (broad SMARTS) is 1. The fraction of sp³-hybridized carbons (Fsp3) is 0.250. The highest BCUT2D eigenvalue weighted by molar-refractivity contribution is 9.10. The minimum Gasteiger partial charge on any atom is -0.480 e. The molecule has 0 aliphatic carbocycles. The highest BCUT2D eigenvalue weighted by Crippen LogP contribution is 2.07. The summed E-state index contributed by atoms with van der Waals surface area (Å²) < 4.78 is 0.683. The van der Waals surface area contributed by atoms with Crippen molar-refractivity contribution >= 4 is 21.9 Å². The normalized spacial score (nSPS) is 12.5. The number of rotatable bonds is 3. The Balaban J connectivity index is 2.69. The van der Waals surface area contributed by atoms with Gasteiger partial charge in [-0.25, -0.2) is 4.98 Å². The number of hydrogen-bond donors (Lipinski definition) is 2. The Morgan fingerprint density at radius 1 is 1.69 bits per heavy atom. The van der Waals surface area contributed by atoms with Gasteiger partial charge in [-0.1, -0.05) is 6.07 Å². The second-order valence-corrected chi connectivity index (χ2v) is 3.41. The zero-order chi connectivity index (χ0) is 9.84. The van der Waals surface area contributed by atoms with E-state index in [2.05, 4.69) is 20.9 Å². The number of pyridine rings is 1. The average Bonchev–Trinajstić information content (AvgIpc) is 2.04. The van der Waals surface area contributed by atoms with Crippen LogP contribution in [-0.4, -0.2) is 22.1 Å². The zero-order valence-electron chi connectivity index (χ0n) is 6.77. The second kappa shape index (κ2) is 4.34. The lowest BCUT2D eigenvalue weighted by Crippen LogP contribution is -2.32. The third-order valence-electron chi connectivity index (χ3n) is 1.52. The van der Waals surface area contributed by atoms with Gasteiger partial charge in [0.1, 0.15) is 10.6 Å². The molecule has 1 heterocycles. The van der Waals surface area contributed by atoms with Crippen molar-refractivity contribution in [2.75, 3.05) is 0 Å². The molecule has 0 amide bonds. The lowest BCUT2D eigenvalue weighted by atomic mass is 10.1. The fourth-order valence-electron chi connectivity index (χ4n) is 0.877. The van der Waals surface area contributed by atoms with Crippen molar-refractivity contribution in [3.8, 4) is 0 Å². The van der Waals surface area contributed by atoms with Gasteiger partial charge in [-0.2, -0.15) is 0 Å². The Morgan fingerprint density at radius 3 is 2.92 bits per heavy atom. The van der Waals surface area contributed by atoms with Crippen LogP contribution in [0.4, 0.5) is 0 Å². The number of carboxylic acids is 1. The van der Waals surface area contributed by atoms with Crippen LogP contribution in [0.25, 0.3) is 0 Å². The summed E-state index contributed by atoms with van der Waals surface area (Å²) in [5.74, 6) is -1.01. The topological polar surface area (TPSA) is 76.2 Å². The Morgan fingerprint density at radius 2 is 2.38 bits per heavy atom. The number of nitrogens with zero attached hydrogens (tertiary/aromatic N) is 1. The maximum Gasteiger partial charge on any atom is 0.320 e. The Kier molecular flexibility index (Phi) is 3.39. The van der Waals surface area contributed by atoms with Crippen molar-refractivity contribution in [2.24, 2.45) is 5.73 Å². The second-order valence-electron chi connectivity index (χ2n) is 2.60. The van der Waals surface area contributed by atoms with Gasteiger partial charge in [-0.3, -0.25) is 4.79 Å². The van der Waals surface area contributed by atoms with Crippen LogP contribution < -0.4 is 5.73 Å². The summed E-state index contributed by atoms with van der Waals surface area (Å²) in [5.41, 5.74) is 6.01. The van der Waals surface area contributed by atoms with E-state index < -0.39 is 12.0 Å². The third-order valence-corrected chi connectivity index (χ3v) is 1.96. The van der Waals surface area contributed by atoms with Crippen molar-refractivity contribution < 1.29 is 9.90 Å². The molecule has 0 bridgehead atoms. The van der Waals surface area contributed by atoms with Gasteiger partial charge >= 0.3 is 5.97 Å². The molecule has 1 aromatic rings. The minimum atomic E-state index is -1.01. The monoisotopic (exact) mass is 244 g/mol. The number of aromatic nitrogens is 1. The van der Waals surface area contributed by atoms with Crippen LogP contribution in [0.5, 0.6) is 0 Å². The third kappa shape index (κ3) is 3.12. The predicted molar refractivity (Wildman–Crippen MR) is 51.3 cm³/mol. The van der Waals surface area contributed by atoms with E-state index in [0.29, 0.717) is 10.3 Å². The van der Waals surface area contributed by atoms with E-state index in [0.717, 1.165) is 0 Å². The first kappa shape index (κ1) is 10.1. The molecule has 1 atom stereocenters. The van der Waals surface area contributed by atoms with Crippen LogP contribution in [0.15, 0.2) is 22.8 Å². The van der Waals surface area contributed by atoms with Gasteiger partial charge in [0.25, 0.3) is 0 Å². The number of carbonyl (C=O) groups is 1. The maximum absolute atomic E-state index is 10.4. The first-order valence-corrected chi connectivity index (χ1v) is 4.48. The summed E-state index contributed by atoms with van der Waals surface area (Å²) in [6.07, 6.45) is 0.245. The largest absolute Gasteiger partial charge is 0.480 e. The first-order chi connectivity index (χ1) is 6.09. The molecule has 70 valence electrons. The average molecular weight is 245 g/mol. The highest BCUT2D eigenvalue weighted by atomic mass is 79.9. The summed E-state index contributed by atoms with van der Waals surface area (Å²) >= 11 is 3.19. The number of nitrogens with two attached hydrogens (primary N) is 1. The molecule has 5 heteroatoms. The van der Waals surface area contributed by atoms with E-state index in [4.69, 9.17) is 10.8 Å². The Hall–Kier alpha value is -0.940. The van der Waals surface area contributed by atoms with E-state index in [9.17, 15) is 4.79 Å². The molecule has 1 aromatic heterocycles. The van der Waals surface area contributed by atoms with E-state index in [1.807, 2.05) is 0 Å². The molecule has 0 spiro atoms. The molecule has 0 radical (unpaired) electrons. The van der Waals surface area contributed by atoms with Crippen molar-refractivity contribution in [1.82, 2.24) is 4.98 Å². The van der Waals surface area contributed by atoms with Crippen LogP contribution in [-0.2, 0) is 11.2 Å². The van der Waals surface area contributed by atoms with Crippen LogP contribution in [0.2, 0.25) is 0 Å². The molecule has 0 aromatic carbocycles.